The molecule has 0 unspecified atom stereocenters. The second-order valence-corrected chi connectivity index (χ2v) is 4.52. The Balaban J connectivity index is 3.04. The summed E-state index contributed by atoms with van der Waals surface area (Å²) in [5, 5.41) is 0. The van der Waals surface area contributed by atoms with E-state index in [9.17, 15) is 0 Å². The summed E-state index contributed by atoms with van der Waals surface area (Å²) in [6.45, 7) is 9.09. The zero-order chi connectivity index (χ0) is 10.6. The van der Waals surface area contributed by atoms with E-state index < -0.39 is 0 Å². The molecule has 0 saturated carbocycles. The monoisotopic (exact) mass is 191 g/mol. The van der Waals surface area contributed by atoms with Crippen LogP contribution in [0.4, 0.5) is 0 Å². The highest BCUT2D eigenvalue weighted by atomic mass is 14.6. The minimum absolute atomic E-state index is 0.295. The smallest absolute Gasteiger partial charge is 0.0302 e. The topological polar surface area (TPSA) is 12.9 Å². The summed E-state index contributed by atoms with van der Waals surface area (Å²) >= 11 is 0. The van der Waals surface area contributed by atoms with Gasteiger partial charge in [0.05, 0.1) is 0 Å². The van der Waals surface area contributed by atoms with Crippen molar-refractivity contribution >= 4 is 0 Å². The molecule has 0 radical (unpaired) electrons. The first kappa shape index (κ1) is 11.2. The van der Waals surface area contributed by atoms with Crippen molar-refractivity contribution in [3.8, 4) is 0 Å². The molecule has 0 bridgehead atoms. The lowest BCUT2D eigenvalue weighted by Crippen LogP contribution is -2.18. The number of pyridine rings is 1. The fraction of sp³-hybridized carbons (Fsp3) is 0.615. The average molecular weight is 191 g/mol. The third kappa shape index (κ3) is 2.34. The van der Waals surface area contributed by atoms with E-state index in [2.05, 4.69) is 38.7 Å². The number of hydrogen-bond acceptors (Lipinski definition) is 1. The van der Waals surface area contributed by atoms with Crippen molar-refractivity contribution in [1.29, 1.82) is 0 Å². The number of hydrogen-bond donors (Lipinski definition) is 0. The Hall–Kier alpha value is -0.850. The maximum atomic E-state index is 4.19. The Morgan fingerprint density at radius 2 is 2.00 bits per heavy atom. The Labute approximate surface area is 87.6 Å². The largest absolute Gasteiger partial charge is 0.264 e. The predicted molar refractivity (Wildman–Crippen MR) is 61.5 cm³/mol. The van der Waals surface area contributed by atoms with Gasteiger partial charge in [0.15, 0.2) is 0 Å². The number of aromatic nitrogens is 1. The summed E-state index contributed by atoms with van der Waals surface area (Å²) in [5.41, 5.74) is 3.16. The van der Waals surface area contributed by atoms with Crippen molar-refractivity contribution < 1.29 is 0 Å². The highest BCUT2D eigenvalue weighted by Crippen LogP contribution is 2.30. The Bertz CT molecular complexity index is 289. The third-order valence-electron chi connectivity index (χ3n) is 2.89. The molecule has 1 heterocycles. The van der Waals surface area contributed by atoms with Crippen LogP contribution in [0.3, 0.4) is 0 Å². The van der Waals surface area contributed by atoms with E-state index in [1.807, 2.05) is 12.4 Å². The van der Waals surface area contributed by atoms with E-state index in [1.54, 1.807) is 0 Å². The van der Waals surface area contributed by atoms with Gasteiger partial charge in [0.25, 0.3) is 0 Å². The number of aryl methyl sites for hydroxylation is 1. The number of nitrogens with zero attached hydrogens (tertiary/aromatic N) is 1. The lowest BCUT2D eigenvalue weighted by molar-refractivity contribution is 0.468. The van der Waals surface area contributed by atoms with E-state index in [0.29, 0.717) is 5.41 Å². The highest BCUT2D eigenvalue weighted by molar-refractivity contribution is 5.30. The van der Waals surface area contributed by atoms with Gasteiger partial charge in [-0.1, -0.05) is 34.1 Å². The van der Waals surface area contributed by atoms with E-state index in [-0.39, 0.29) is 0 Å². The molecule has 0 aliphatic rings. The SMILES string of the molecule is CCCC(C)(C)c1ccncc1CC. The minimum Gasteiger partial charge on any atom is -0.264 e. The van der Waals surface area contributed by atoms with Crippen molar-refractivity contribution in [1.82, 2.24) is 4.98 Å². The molecule has 0 atom stereocenters. The van der Waals surface area contributed by atoms with Crippen LogP contribution in [0.5, 0.6) is 0 Å². The molecular formula is C13H21N. The molecule has 1 heteroatoms. The van der Waals surface area contributed by atoms with Crippen LogP contribution in [-0.2, 0) is 11.8 Å². The zero-order valence-electron chi connectivity index (χ0n) is 9.80. The van der Waals surface area contributed by atoms with Gasteiger partial charge >= 0.3 is 0 Å². The normalized spacial score (nSPS) is 11.7. The van der Waals surface area contributed by atoms with E-state index in [0.717, 1.165) is 6.42 Å². The van der Waals surface area contributed by atoms with Gasteiger partial charge in [0.1, 0.15) is 0 Å². The van der Waals surface area contributed by atoms with Crippen LogP contribution >= 0.6 is 0 Å². The van der Waals surface area contributed by atoms with Gasteiger partial charge < -0.3 is 0 Å². The maximum Gasteiger partial charge on any atom is 0.0302 e. The summed E-state index contributed by atoms with van der Waals surface area (Å²) in [6, 6.07) is 2.18. The molecular weight excluding hydrogens is 170 g/mol. The molecule has 0 aliphatic heterocycles. The average Bonchev–Trinajstić information content (AvgIpc) is 2.18. The van der Waals surface area contributed by atoms with Gasteiger partial charge in [0.2, 0.25) is 0 Å². The number of rotatable bonds is 4. The Kier molecular flexibility index (Phi) is 3.68. The quantitative estimate of drug-likeness (QED) is 0.706. The van der Waals surface area contributed by atoms with Crippen molar-refractivity contribution in [2.75, 3.05) is 0 Å². The Morgan fingerprint density at radius 1 is 1.29 bits per heavy atom. The summed E-state index contributed by atoms with van der Waals surface area (Å²) in [4.78, 5) is 4.19. The van der Waals surface area contributed by atoms with Crippen LogP contribution in [0, 0.1) is 0 Å². The van der Waals surface area contributed by atoms with Crippen LogP contribution in [0.15, 0.2) is 18.5 Å². The van der Waals surface area contributed by atoms with Gasteiger partial charge in [-0.2, -0.15) is 0 Å². The van der Waals surface area contributed by atoms with Gasteiger partial charge in [-0.05, 0) is 35.4 Å². The van der Waals surface area contributed by atoms with Gasteiger partial charge in [0, 0.05) is 12.4 Å². The fourth-order valence-electron chi connectivity index (χ4n) is 2.13. The molecule has 0 spiro atoms. The molecule has 0 amide bonds. The van der Waals surface area contributed by atoms with Gasteiger partial charge in [-0.3, -0.25) is 4.98 Å². The van der Waals surface area contributed by atoms with Gasteiger partial charge in [-0.15, -0.1) is 0 Å². The fourth-order valence-corrected chi connectivity index (χ4v) is 2.13. The first-order chi connectivity index (χ1) is 6.61. The molecule has 0 aromatic carbocycles. The van der Waals surface area contributed by atoms with Crippen LogP contribution < -0.4 is 0 Å². The molecule has 1 rings (SSSR count). The minimum atomic E-state index is 0.295. The standard InChI is InChI=1S/C13H21N/c1-5-8-13(3,4)12-7-9-14-10-11(12)6-2/h7,9-10H,5-6,8H2,1-4H3. The first-order valence-corrected chi connectivity index (χ1v) is 5.55. The first-order valence-electron chi connectivity index (χ1n) is 5.55. The van der Waals surface area contributed by atoms with Crippen LogP contribution in [-0.4, -0.2) is 4.98 Å². The van der Waals surface area contributed by atoms with Crippen LogP contribution in [0.25, 0.3) is 0 Å². The second kappa shape index (κ2) is 4.59. The highest BCUT2D eigenvalue weighted by Gasteiger charge is 2.21. The van der Waals surface area contributed by atoms with Crippen molar-refractivity contribution in [3.63, 3.8) is 0 Å². The molecule has 0 fully saturated rings. The van der Waals surface area contributed by atoms with Crippen molar-refractivity contribution in [2.45, 2.75) is 52.4 Å². The van der Waals surface area contributed by atoms with Crippen LogP contribution in [0.2, 0.25) is 0 Å². The van der Waals surface area contributed by atoms with Crippen LogP contribution in [0.1, 0.15) is 51.7 Å². The van der Waals surface area contributed by atoms with Gasteiger partial charge in [-0.25, -0.2) is 0 Å². The zero-order valence-corrected chi connectivity index (χ0v) is 9.80. The third-order valence-corrected chi connectivity index (χ3v) is 2.89. The van der Waals surface area contributed by atoms with Crippen molar-refractivity contribution in [3.05, 3.63) is 29.6 Å². The van der Waals surface area contributed by atoms with E-state index in [4.69, 9.17) is 0 Å². The molecule has 0 aliphatic carbocycles. The lowest BCUT2D eigenvalue weighted by Gasteiger charge is -2.26. The lowest BCUT2D eigenvalue weighted by atomic mass is 9.78. The summed E-state index contributed by atoms with van der Waals surface area (Å²) in [6.07, 6.45) is 7.47. The second-order valence-electron chi connectivity index (χ2n) is 4.52. The van der Waals surface area contributed by atoms with Crippen molar-refractivity contribution in [2.24, 2.45) is 0 Å². The molecule has 78 valence electrons. The molecule has 1 aromatic heterocycles. The molecule has 1 aromatic rings. The molecule has 1 nitrogen and oxygen atoms in total. The predicted octanol–water partition coefficient (Wildman–Crippen LogP) is 3.72. The maximum absolute atomic E-state index is 4.19. The summed E-state index contributed by atoms with van der Waals surface area (Å²) in [7, 11) is 0. The molecule has 0 N–H and O–H groups in total. The molecule has 0 saturated heterocycles. The van der Waals surface area contributed by atoms with E-state index >= 15 is 0 Å². The summed E-state index contributed by atoms with van der Waals surface area (Å²) in [5.74, 6) is 0. The molecule has 14 heavy (non-hydrogen) atoms. The van der Waals surface area contributed by atoms with E-state index in [1.165, 1.54) is 24.0 Å². The Morgan fingerprint density at radius 3 is 2.57 bits per heavy atom. The summed E-state index contributed by atoms with van der Waals surface area (Å²) < 4.78 is 0.